The molecule has 0 saturated heterocycles. The molecule has 2 atom stereocenters. The third kappa shape index (κ3) is 2.49. The number of hydrogen-bond acceptors (Lipinski definition) is 3. The first-order valence-electron chi connectivity index (χ1n) is 7.45. The van der Waals surface area contributed by atoms with E-state index in [1.54, 1.807) is 7.11 Å². The average molecular weight is 282 g/mol. The highest BCUT2D eigenvalue weighted by Crippen LogP contribution is 2.39. The second-order valence-corrected chi connectivity index (χ2v) is 5.62. The Labute approximate surface area is 126 Å². The summed E-state index contributed by atoms with van der Waals surface area (Å²) < 4.78 is 5.54. The summed E-state index contributed by atoms with van der Waals surface area (Å²) in [5.41, 5.74) is 10.2. The normalized spacial score (nSPS) is 16.4. The summed E-state index contributed by atoms with van der Waals surface area (Å²) in [5.74, 6) is 0.907. The summed E-state index contributed by atoms with van der Waals surface area (Å²) in [6.07, 6.45) is 1.08. The number of fused-ring (bicyclic) bond motifs is 1. The van der Waals surface area contributed by atoms with Crippen molar-refractivity contribution in [1.82, 2.24) is 0 Å². The highest BCUT2D eigenvalue weighted by molar-refractivity contribution is 5.60. The van der Waals surface area contributed by atoms with Crippen LogP contribution < -0.4 is 15.4 Å². The van der Waals surface area contributed by atoms with Crippen molar-refractivity contribution < 1.29 is 4.74 Å². The molecule has 1 aliphatic heterocycles. The number of para-hydroxylation sites is 2. The quantitative estimate of drug-likeness (QED) is 0.936. The first-order chi connectivity index (χ1) is 10.2. The van der Waals surface area contributed by atoms with Gasteiger partial charge in [0.25, 0.3) is 0 Å². The lowest BCUT2D eigenvalue weighted by Crippen LogP contribution is -2.39. The maximum atomic E-state index is 6.33. The summed E-state index contributed by atoms with van der Waals surface area (Å²) in [6.45, 7) is 3.07. The van der Waals surface area contributed by atoms with E-state index < -0.39 is 0 Å². The lowest BCUT2D eigenvalue weighted by atomic mass is 9.98. The van der Waals surface area contributed by atoms with Gasteiger partial charge in [0.1, 0.15) is 5.75 Å². The van der Waals surface area contributed by atoms with Crippen molar-refractivity contribution in [2.45, 2.75) is 25.4 Å². The van der Waals surface area contributed by atoms with Gasteiger partial charge in [0.15, 0.2) is 0 Å². The molecular formula is C18H22N2O. The standard InChI is InChI=1S/C18H22N2O/c1-13(19)18(15-8-4-6-10-17(15)21-2)20-12-11-14-7-3-5-9-16(14)20/h3-10,13,18H,11-12,19H2,1-2H3. The molecule has 21 heavy (non-hydrogen) atoms. The minimum Gasteiger partial charge on any atom is -0.496 e. The molecule has 0 saturated carbocycles. The van der Waals surface area contributed by atoms with Crippen molar-refractivity contribution in [3.05, 3.63) is 59.7 Å². The van der Waals surface area contributed by atoms with E-state index in [4.69, 9.17) is 10.5 Å². The van der Waals surface area contributed by atoms with Gasteiger partial charge in [-0.3, -0.25) is 0 Å². The number of anilines is 1. The number of benzene rings is 2. The van der Waals surface area contributed by atoms with Gasteiger partial charge in [-0.2, -0.15) is 0 Å². The molecule has 1 aliphatic rings. The maximum absolute atomic E-state index is 6.33. The Kier molecular flexibility index (Phi) is 3.84. The Hall–Kier alpha value is -2.00. The van der Waals surface area contributed by atoms with Crippen LogP contribution in [0.1, 0.15) is 24.1 Å². The van der Waals surface area contributed by atoms with Gasteiger partial charge < -0.3 is 15.4 Å². The van der Waals surface area contributed by atoms with Crippen molar-refractivity contribution >= 4 is 5.69 Å². The molecule has 0 spiro atoms. The van der Waals surface area contributed by atoms with E-state index >= 15 is 0 Å². The van der Waals surface area contributed by atoms with E-state index in [0.717, 1.165) is 24.3 Å². The van der Waals surface area contributed by atoms with E-state index in [2.05, 4.69) is 48.2 Å². The lowest BCUT2D eigenvalue weighted by molar-refractivity contribution is 0.399. The highest BCUT2D eigenvalue weighted by Gasteiger charge is 2.31. The fraction of sp³-hybridized carbons (Fsp3) is 0.333. The molecule has 1 heterocycles. The zero-order chi connectivity index (χ0) is 14.8. The predicted molar refractivity (Wildman–Crippen MR) is 86.9 cm³/mol. The second kappa shape index (κ2) is 5.78. The Balaban J connectivity index is 2.04. The molecule has 3 nitrogen and oxygen atoms in total. The molecule has 3 heteroatoms. The molecule has 0 aliphatic carbocycles. The monoisotopic (exact) mass is 282 g/mol. The van der Waals surface area contributed by atoms with Gasteiger partial charge in [-0.25, -0.2) is 0 Å². The number of nitrogens with two attached hydrogens (primary N) is 1. The molecule has 0 fully saturated rings. The summed E-state index contributed by atoms with van der Waals surface area (Å²) in [4.78, 5) is 2.41. The number of methoxy groups -OCH3 is 1. The van der Waals surface area contributed by atoms with Gasteiger partial charge in [0, 0.05) is 23.8 Å². The topological polar surface area (TPSA) is 38.5 Å². The Bertz CT molecular complexity index is 624. The summed E-state index contributed by atoms with van der Waals surface area (Å²) >= 11 is 0. The largest absolute Gasteiger partial charge is 0.496 e. The predicted octanol–water partition coefficient (Wildman–Crippen LogP) is 3.15. The van der Waals surface area contributed by atoms with E-state index in [1.165, 1.54) is 11.3 Å². The van der Waals surface area contributed by atoms with Crippen LogP contribution in [0, 0.1) is 0 Å². The zero-order valence-electron chi connectivity index (χ0n) is 12.6. The van der Waals surface area contributed by atoms with E-state index in [1.807, 2.05) is 12.1 Å². The fourth-order valence-electron chi connectivity index (χ4n) is 3.30. The van der Waals surface area contributed by atoms with Crippen LogP contribution in [0.15, 0.2) is 48.5 Å². The van der Waals surface area contributed by atoms with Crippen LogP contribution in [0.3, 0.4) is 0 Å². The van der Waals surface area contributed by atoms with Gasteiger partial charge in [-0.15, -0.1) is 0 Å². The molecular weight excluding hydrogens is 260 g/mol. The number of hydrogen-bond donors (Lipinski definition) is 1. The van der Waals surface area contributed by atoms with E-state index in [9.17, 15) is 0 Å². The first kappa shape index (κ1) is 14.0. The van der Waals surface area contributed by atoms with Gasteiger partial charge in [-0.1, -0.05) is 36.4 Å². The van der Waals surface area contributed by atoms with Crippen LogP contribution in [-0.4, -0.2) is 19.7 Å². The highest BCUT2D eigenvalue weighted by atomic mass is 16.5. The summed E-state index contributed by atoms with van der Waals surface area (Å²) in [5, 5.41) is 0. The number of ether oxygens (including phenoxy) is 1. The Morgan fingerprint density at radius 3 is 2.57 bits per heavy atom. The SMILES string of the molecule is COc1ccccc1C(C(C)N)N1CCc2ccccc21. The van der Waals surface area contributed by atoms with Crippen LogP contribution in [0.2, 0.25) is 0 Å². The average Bonchev–Trinajstić information content (AvgIpc) is 2.92. The van der Waals surface area contributed by atoms with Crippen LogP contribution in [-0.2, 0) is 6.42 Å². The number of rotatable bonds is 4. The van der Waals surface area contributed by atoms with Crippen molar-refractivity contribution in [1.29, 1.82) is 0 Å². The molecule has 0 bridgehead atoms. The van der Waals surface area contributed by atoms with Gasteiger partial charge in [0.05, 0.1) is 13.2 Å². The zero-order valence-corrected chi connectivity index (χ0v) is 12.6. The first-order valence-corrected chi connectivity index (χ1v) is 7.45. The molecule has 2 unspecified atom stereocenters. The van der Waals surface area contributed by atoms with Crippen molar-refractivity contribution in [3.63, 3.8) is 0 Å². The molecule has 2 aromatic carbocycles. The molecule has 2 aromatic rings. The second-order valence-electron chi connectivity index (χ2n) is 5.62. The summed E-state index contributed by atoms with van der Waals surface area (Å²) in [6, 6.07) is 16.9. The Morgan fingerprint density at radius 1 is 1.10 bits per heavy atom. The van der Waals surface area contributed by atoms with Gasteiger partial charge in [-0.05, 0) is 31.0 Å². The molecule has 0 aromatic heterocycles. The Morgan fingerprint density at radius 2 is 1.81 bits per heavy atom. The molecule has 0 radical (unpaired) electrons. The lowest BCUT2D eigenvalue weighted by Gasteiger charge is -2.34. The van der Waals surface area contributed by atoms with Crippen molar-refractivity contribution in [2.75, 3.05) is 18.6 Å². The summed E-state index contributed by atoms with van der Waals surface area (Å²) in [7, 11) is 1.72. The fourth-order valence-corrected chi connectivity index (χ4v) is 3.30. The minimum atomic E-state index is 0.0208. The van der Waals surface area contributed by atoms with E-state index in [-0.39, 0.29) is 12.1 Å². The van der Waals surface area contributed by atoms with Crippen molar-refractivity contribution in [2.24, 2.45) is 5.73 Å². The number of nitrogens with zero attached hydrogens (tertiary/aromatic N) is 1. The minimum absolute atomic E-state index is 0.0208. The van der Waals surface area contributed by atoms with E-state index in [0.29, 0.717) is 0 Å². The van der Waals surface area contributed by atoms with Crippen LogP contribution >= 0.6 is 0 Å². The van der Waals surface area contributed by atoms with Crippen LogP contribution in [0.4, 0.5) is 5.69 Å². The van der Waals surface area contributed by atoms with Crippen molar-refractivity contribution in [3.8, 4) is 5.75 Å². The molecule has 2 N–H and O–H groups in total. The van der Waals surface area contributed by atoms with Gasteiger partial charge in [0.2, 0.25) is 0 Å². The third-order valence-electron chi connectivity index (χ3n) is 4.21. The third-order valence-corrected chi connectivity index (χ3v) is 4.21. The van der Waals surface area contributed by atoms with Crippen LogP contribution in [0.5, 0.6) is 5.75 Å². The van der Waals surface area contributed by atoms with Crippen LogP contribution in [0.25, 0.3) is 0 Å². The maximum Gasteiger partial charge on any atom is 0.124 e. The molecule has 0 amide bonds. The van der Waals surface area contributed by atoms with Gasteiger partial charge >= 0.3 is 0 Å². The smallest absolute Gasteiger partial charge is 0.124 e. The molecule has 3 rings (SSSR count). The molecule has 110 valence electrons.